The van der Waals surface area contributed by atoms with Gasteiger partial charge in [-0.1, -0.05) is 47.2 Å². The smallest absolute Gasteiger partial charge is 0.339 e. The fraction of sp³-hybridized carbons (Fsp3) is 0.143. The lowest BCUT2D eigenvalue weighted by atomic mass is 10.0. The first kappa shape index (κ1) is 23.8. The number of aryl methyl sites for hydroxylation is 2. The van der Waals surface area contributed by atoms with Crippen molar-refractivity contribution in [2.75, 3.05) is 5.32 Å². The van der Waals surface area contributed by atoms with Crippen molar-refractivity contribution >= 4 is 28.5 Å². The summed E-state index contributed by atoms with van der Waals surface area (Å²) in [4.78, 5) is 23.9. The second kappa shape index (κ2) is 9.98. The number of phenols is 1. The average molecular weight is 497 g/mol. The van der Waals surface area contributed by atoms with Crippen molar-refractivity contribution in [3.05, 3.63) is 84.1 Å². The number of furan rings is 1. The lowest BCUT2D eigenvalue weighted by Gasteiger charge is -2.05. The molecule has 5 rings (SSSR count). The molecular formula is C28H24N4O5. The molecule has 0 atom stereocenters. The number of aromatic hydroxyl groups is 1. The van der Waals surface area contributed by atoms with Crippen molar-refractivity contribution in [1.82, 2.24) is 15.0 Å². The maximum Gasteiger partial charge on any atom is 0.339 e. The van der Waals surface area contributed by atoms with Crippen molar-refractivity contribution in [3.63, 3.8) is 0 Å². The van der Waals surface area contributed by atoms with Crippen LogP contribution in [-0.2, 0) is 11.3 Å². The Kier molecular flexibility index (Phi) is 6.42. The first-order valence-electron chi connectivity index (χ1n) is 11.7. The number of hydrogen-bond donors (Lipinski definition) is 3. The predicted octanol–water partition coefficient (Wildman–Crippen LogP) is 5.49. The summed E-state index contributed by atoms with van der Waals surface area (Å²) >= 11 is 0. The topological polar surface area (TPSA) is 130 Å². The van der Waals surface area contributed by atoms with Gasteiger partial charge in [0.25, 0.3) is 0 Å². The van der Waals surface area contributed by atoms with E-state index in [1.807, 2.05) is 61.5 Å². The van der Waals surface area contributed by atoms with Gasteiger partial charge in [0.2, 0.25) is 5.91 Å². The first-order chi connectivity index (χ1) is 17.9. The quantitative estimate of drug-likeness (QED) is 0.259. The van der Waals surface area contributed by atoms with E-state index in [9.17, 15) is 19.8 Å². The molecule has 37 heavy (non-hydrogen) atoms. The maximum absolute atomic E-state index is 12.2. The average Bonchev–Trinajstić information content (AvgIpc) is 3.48. The molecule has 5 aromatic rings. The number of amides is 1. The molecule has 3 aromatic carbocycles. The minimum atomic E-state index is -1.25. The molecule has 3 N–H and O–H groups in total. The van der Waals surface area contributed by atoms with Crippen LogP contribution in [0.2, 0.25) is 0 Å². The third kappa shape index (κ3) is 5.06. The third-order valence-corrected chi connectivity index (χ3v) is 5.96. The first-order valence-corrected chi connectivity index (χ1v) is 11.7. The number of aromatic carboxylic acids is 1. The van der Waals surface area contributed by atoms with Crippen molar-refractivity contribution in [2.24, 2.45) is 0 Å². The van der Waals surface area contributed by atoms with Crippen LogP contribution in [-0.4, -0.2) is 37.1 Å². The SMILES string of the molecule is Cc1cccc(-c2oc3cc(O)c(C(=O)O)cc3c2-c2cn(CCCC(=O)Nc3ccccc3)nn2)c1. The summed E-state index contributed by atoms with van der Waals surface area (Å²) < 4.78 is 7.75. The fourth-order valence-corrected chi connectivity index (χ4v) is 4.22. The Balaban J connectivity index is 1.44. The van der Waals surface area contributed by atoms with Gasteiger partial charge in [-0.3, -0.25) is 9.48 Å². The molecule has 0 fully saturated rings. The molecule has 1 amide bonds. The molecule has 0 radical (unpaired) electrons. The summed E-state index contributed by atoms with van der Waals surface area (Å²) in [5.74, 6) is -1.22. The molecule has 0 aliphatic rings. The second-order valence-corrected chi connectivity index (χ2v) is 8.73. The van der Waals surface area contributed by atoms with E-state index >= 15 is 0 Å². The Labute approximate surface area is 212 Å². The van der Waals surface area contributed by atoms with E-state index in [4.69, 9.17) is 4.42 Å². The number of hydrogen-bond acceptors (Lipinski definition) is 6. The lowest BCUT2D eigenvalue weighted by molar-refractivity contribution is -0.116. The van der Waals surface area contributed by atoms with E-state index in [2.05, 4.69) is 15.6 Å². The van der Waals surface area contributed by atoms with Gasteiger partial charge in [0.15, 0.2) is 0 Å². The number of carbonyl (C=O) groups excluding carboxylic acids is 1. The molecule has 186 valence electrons. The second-order valence-electron chi connectivity index (χ2n) is 8.73. The highest BCUT2D eigenvalue weighted by Gasteiger charge is 2.23. The van der Waals surface area contributed by atoms with Crippen molar-refractivity contribution in [1.29, 1.82) is 0 Å². The molecule has 0 saturated carbocycles. The number of nitrogens with one attached hydrogen (secondary N) is 1. The molecule has 0 unspecified atom stereocenters. The van der Waals surface area contributed by atoms with Gasteiger partial charge in [0.1, 0.15) is 28.4 Å². The molecule has 2 aromatic heterocycles. The van der Waals surface area contributed by atoms with Gasteiger partial charge in [0.05, 0.1) is 11.8 Å². The summed E-state index contributed by atoms with van der Waals surface area (Å²) in [6.45, 7) is 2.43. The van der Waals surface area contributed by atoms with E-state index in [1.54, 1.807) is 10.9 Å². The van der Waals surface area contributed by atoms with Crippen LogP contribution in [0.3, 0.4) is 0 Å². The summed E-state index contributed by atoms with van der Waals surface area (Å²) in [5, 5.41) is 31.6. The zero-order valence-corrected chi connectivity index (χ0v) is 20.0. The Morgan fingerprint density at radius 3 is 2.62 bits per heavy atom. The number of rotatable bonds is 8. The lowest BCUT2D eigenvalue weighted by Crippen LogP contribution is -2.12. The molecule has 0 saturated heterocycles. The number of fused-ring (bicyclic) bond motifs is 1. The molecule has 0 aliphatic heterocycles. The Hall–Kier alpha value is -4.92. The number of carboxylic acid groups (broad SMARTS) is 1. The van der Waals surface area contributed by atoms with Crippen LogP contribution in [0.25, 0.3) is 33.6 Å². The highest BCUT2D eigenvalue weighted by Crippen LogP contribution is 2.42. The van der Waals surface area contributed by atoms with Gasteiger partial charge in [-0.15, -0.1) is 5.10 Å². The minimum absolute atomic E-state index is 0.0879. The number of carbonyl (C=O) groups is 2. The Morgan fingerprint density at radius 1 is 1.05 bits per heavy atom. The van der Waals surface area contributed by atoms with Gasteiger partial charge in [-0.05, 0) is 37.6 Å². The number of anilines is 1. The van der Waals surface area contributed by atoms with Gasteiger partial charge in [-0.25, -0.2) is 4.79 Å². The van der Waals surface area contributed by atoms with Gasteiger partial charge < -0.3 is 19.9 Å². The van der Waals surface area contributed by atoms with E-state index in [0.717, 1.165) is 16.8 Å². The minimum Gasteiger partial charge on any atom is -0.507 e. The van der Waals surface area contributed by atoms with E-state index < -0.39 is 5.97 Å². The third-order valence-electron chi connectivity index (χ3n) is 5.96. The van der Waals surface area contributed by atoms with Crippen molar-refractivity contribution in [3.8, 4) is 28.3 Å². The van der Waals surface area contributed by atoms with E-state index in [1.165, 1.54) is 12.1 Å². The highest BCUT2D eigenvalue weighted by atomic mass is 16.4. The van der Waals surface area contributed by atoms with Crippen molar-refractivity contribution in [2.45, 2.75) is 26.3 Å². The summed E-state index contributed by atoms with van der Waals surface area (Å²) in [7, 11) is 0. The largest absolute Gasteiger partial charge is 0.507 e. The van der Waals surface area contributed by atoms with Crippen LogP contribution in [0.5, 0.6) is 5.75 Å². The molecule has 0 spiro atoms. The van der Waals surface area contributed by atoms with Crippen LogP contribution >= 0.6 is 0 Å². The molecule has 9 heteroatoms. The van der Waals surface area contributed by atoms with Gasteiger partial charge >= 0.3 is 5.97 Å². The van der Waals surface area contributed by atoms with Crippen molar-refractivity contribution < 1.29 is 24.2 Å². The fourth-order valence-electron chi connectivity index (χ4n) is 4.22. The summed E-state index contributed by atoms with van der Waals surface area (Å²) in [6.07, 6.45) is 2.61. The van der Waals surface area contributed by atoms with Gasteiger partial charge in [0, 0.05) is 35.7 Å². The van der Waals surface area contributed by atoms with Crippen LogP contribution in [0.15, 0.2) is 77.3 Å². The normalized spacial score (nSPS) is 11.1. The number of benzene rings is 3. The highest BCUT2D eigenvalue weighted by molar-refractivity contribution is 6.05. The summed E-state index contributed by atoms with van der Waals surface area (Å²) in [5.41, 5.74) is 3.73. The van der Waals surface area contributed by atoms with Gasteiger partial charge in [-0.2, -0.15) is 0 Å². The Bertz CT molecular complexity index is 1600. The zero-order chi connectivity index (χ0) is 25.9. The van der Waals surface area contributed by atoms with Crippen LogP contribution < -0.4 is 5.32 Å². The number of aromatic nitrogens is 3. The Morgan fingerprint density at radius 2 is 1.86 bits per heavy atom. The zero-order valence-electron chi connectivity index (χ0n) is 20.0. The number of para-hydroxylation sites is 1. The van der Waals surface area contributed by atoms with Crippen LogP contribution in [0.4, 0.5) is 5.69 Å². The standard InChI is InChI=1S/C28H24N4O5/c1-17-7-5-8-18(13-17)27-26(21-14-20(28(35)36)23(33)15-24(21)37-27)22-16-32(31-30-22)12-6-11-25(34)29-19-9-3-2-4-10-19/h2-5,7-10,13-16,33H,6,11-12H2,1H3,(H,29,34)(H,35,36). The monoisotopic (exact) mass is 496 g/mol. The van der Waals surface area contributed by atoms with E-state index in [-0.39, 0.29) is 17.2 Å². The molecular weight excluding hydrogens is 472 g/mol. The maximum atomic E-state index is 12.2. The molecule has 0 bridgehead atoms. The number of carboxylic acids is 1. The van der Waals surface area contributed by atoms with Crippen LogP contribution in [0.1, 0.15) is 28.8 Å². The molecule has 2 heterocycles. The summed E-state index contributed by atoms with van der Waals surface area (Å²) in [6, 6.07) is 19.7. The van der Waals surface area contributed by atoms with E-state index in [0.29, 0.717) is 47.4 Å². The molecule has 9 nitrogen and oxygen atoms in total. The molecule has 0 aliphatic carbocycles. The number of nitrogens with zero attached hydrogens (tertiary/aromatic N) is 3. The van der Waals surface area contributed by atoms with Crippen LogP contribution in [0, 0.1) is 6.92 Å². The predicted molar refractivity (Wildman–Crippen MR) is 138 cm³/mol.